The molecule has 1 rings (SSSR count). The molecule has 5 nitrogen and oxygen atoms in total. The number of halogens is 1. The molecule has 0 radical (unpaired) electrons. The van der Waals surface area contributed by atoms with Crippen LogP contribution >= 0.6 is 23.4 Å². The van der Waals surface area contributed by atoms with Crippen LogP contribution in [0.4, 0.5) is 0 Å². The van der Waals surface area contributed by atoms with E-state index < -0.39 is 17.4 Å². The van der Waals surface area contributed by atoms with Gasteiger partial charge in [0.15, 0.2) is 5.54 Å². The standard InChI is InChI=1S/C13H16ClNO4S/c1-13(8-19-2,12(17)18)15-11(16)7-20-10-6-4-3-5-9(10)14/h3-6H,7-8H2,1-2H3,(H,15,16)(H,17,18). The quantitative estimate of drug-likeness (QED) is 0.753. The van der Waals surface area contributed by atoms with E-state index in [1.54, 1.807) is 18.2 Å². The minimum Gasteiger partial charge on any atom is -0.479 e. The van der Waals surface area contributed by atoms with Crippen LogP contribution in [0, 0.1) is 0 Å². The molecule has 1 unspecified atom stereocenters. The summed E-state index contributed by atoms with van der Waals surface area (Å²) in [5, 5.41) is 12.1. The maximum Gasteiger partial charge on any atom is 0.331 e. The van der Waals surface area contributed by atoms with E-state index in [4.69, 9.17) is 21.4 Å². The van der Waals surface area contributed by atoms with Crippen molar-refractivity contribution in [2.75, 3.05) is 19.5 Å². The summed E-state index contributed by atoms with van der Waals surface area (Å²) in [7, 11) is 1.38. The van der Waals surface area contributed by atoms with Crippen molar-refractivity contribution >= 4 is 35.2 Å². The summed E-state index contributed by atoms with van der Waals surface area (Å²) in [6, 6.07) is 7.14. The largest absolute Gasteiger partial charge is 0.479 e. The lowest BCUT2D eigenvalue weighted by atomic mass is 10.0. The fourth-order valence-electron chi connectivity index (χ4n) is 1.49. The molecule has 1 aromatic carbocycles. The number of benzene rings is 1. The lowest BCUT2D eigenvalue weighted by Crippen LogP contribution is -2.55. The van der Waals surface area contributed by atoms with Crippen LogP contribution in [0.5, 0.6) is 0 Å². The van der Waals surface area contributed by atoms with E-state index in [0.717, 1.165) is 4.90 Å². The first-order valence-electron chi connectivity index (χ1n) is 5.80. The molecule has 0 aliphatic carbocycles. The van der Waals surface area contributed by atoms with Gasteiger partial charge in [-0.15, -0.1) is 11.8 Å². The lowest BCUT2D eigenvalue weighted by molar-refractivity contribution is -0.148. The normalized spacial score (nSPS) is 13.6. The van der Waals surface area contributed by atoms with Gasteiger partial charge in [-0.25, -0.2) is 4.79 Å². The predicted molar refractivity (Wildman–Crippen MR) is 78.2 cm³/mol. The van der Waals surface area contributed by atoms with Gasteiger partial charge in [-0.05, 0) is 19.1 Å². The van der Waals surface area contributed by atoms with Gasteiger partial charge in [-0.2, -0.15) is 0 Å². The number of carbonyl (C=O) groups is 2. The second-order valence-corrected chi connectivity index (χ2v) is 5.76. The van der Waals surface area contributed by atoms with Crippen LogP contribution < -0.4 is 5.32 Å². The maximum absolute atomic E-state index is 11.8. The van der Waals surface area contributed by atoms with Crippen molar-refractivity contribution in [2.24, 2.45) is 0 Å². The van der Waals surface area contributed by atoms with Gasteiger partial charge >= 0.3 is 5.97 Å². The van der Waals surface area contributed by atoms with E-state index >= 15 is 0 Å². The van der Waals surface area contributed by atoms with Crippen LogP contribution in [0.25, 0.3) is 0 Å². The highest BCUT2D eigenvalue weighted by Gasteiger charge is 2.34. The SMILES string of the molecule is COCC(C)(NC(=O)CSc1ccccc1Cl)C(=O)O. The van der Waals surface area contributed by atoms with Crippen LogP contribution in [0.2, 0.25) is 5.02 Å². The third kappa shape index (κ3) is 4.70. The smallest absolute Gasteiger partial charge is 0.331 e. The third-order valence-corrected chi connectivity index (χ3v) is 4.03. The van der Waals surface area contributed by atoms with Gasteiger partial charge in [-0.1, -0.05) is 23.7 Å². The molecule has 0 aliphatic rings. The Morgan fingerprint density at radius 3 is 2.65 bits per heavy atom. The van der Waals surface area contributed by atoms with Crippen molar-refractivity contribution < 1.29 is 19.4 Å². The molecule has 7 heteroatoms. The number of carbonyl (C=O) groups excluding carboxylic acids is 1. The summed E-state index contributed by atoms with van der Waals surface area (Å²) >= 11 is 7.22. The first-order chi connectivity index (χ1) is 9.39. The van der Waals surface area contributed by atoms with Crippen molar-refractivity contribution in [2.45, 2.75) is 17.4 Å². The molecule has 0 heterocycles. The number of carboxylic acid groups (broad SMARTS) is 1. The Labute approximate surface area is 126 Å². The molecule has 0 saturated heterocycles. The molecule has 110 valence electrons. The fraction of sp³-hybridized carbons (Fsp3) is 0.385. The van der Waals surface area contributed by atoms with Gasteiger partial charge in [0.05, 0.1) is 17.4 Å². The molecular formula is C13H16ClNO4S. The van der Waals surface area contributed by atoms with E-state index in [9.17, 15) is 9.59 Å². The molecule has 1 amide bonds. The van der Waals surface area contributed by atoms with Crippen LogP contribution in [0.3, 0.4) is 0 Å². The summed E-state index contributed by atoms with van der Waals surface area (Å²) in [6.45, 7) is 1.29. The van der Waals surface area contributed by atoms with E-state index in [0.29, 0.717) is 5.02 Å². The molecule has 20 heavy (non-hydrogen) atoms. The molecule has 0 aliphatic heterocycles. The topological polar surface area (TPSA) is 75.6 Å². The summed E-state index contributed by atoms with van der Waals surface area (Å²) in [5.41, 5.74) is -1.44. The van der Waals surface area contributed by atoms with Crippen LogP contribution in [-0.2, 0) is 14.3 Å². The third-order valence-electron chi connectivity index (χ3n) is 2.52. The fourth-order valence-corrected chi connectivity index (χ4v) is 2.53. The maximum atomic E-state index is 11.8. The van der Waals surface area contributed by atoms with Gasteiger partial charge in [-0.3, -0.25) is 4.79 Å². The highest BCUT2D eigenvalue weighted by Crippen LogP contribution is 2.26. The highest BCUT2D eigenvalue weighted by atomic mass is 35.5. The summed E-state index contributed by atoms with van der Waals surface area (Å²) in [6.07, 6.45) is 0. The number of ether oxygens (including phenoxy) is 1. The van der Waals surface area contributed by atoms with E-state index in [1.165, 1.54) is 25.8 Å². The zero-order chi connectivity index (χ0) is 15.2. The Kier molecular flexibility index (Phi) is 6.32. The molecule has 0 spiro atoms. The highest BCUT2D eigenvalue weighted by molar-refractivity contribution is 8.00. The van der Waals surface area contributed by atoms with E-state index in [2.05, 4.69) is 5.32 Å². The van der Waals surface area contributed by atoms with E-state index in [1.807, 2.05) is 6.07 Å². The molecule has 0 saturated carbocycles. The molecular weight excluding hydrogens is 302 g/mol. The molecule has 0 fully saturated rings. The number of nitrogens with one attached hydrogen (secondary N) is 1. The van der Waals surface area contributed by atoms with Crippen molar-refractivity contribution in [1.82, 2.24) is 5.32 Å². The Morgan fingerprint density at radius 1 is 1.45 bits per heavy atom. The second kappa shape index (κ2) is 7.52. The zero-order valence-corrected chi connectivity index (χ0v) is 12.8. The Balaban J connectivity index is 2.59. The summed E-state index contributed by atoms with van der Waals surface area (Å²) < 4.78 is 4.83. The number of hydrogen-bond acceptors (Lipinski definition) is 4. The van der Waals surface area contributed by atoms with Crippen LogP contribution in [0.1, 0.15) is 6.92 Å². The minimum absolute atomic E-state index is 0.0797. The minimum atomic E-state index is -1.44. The molecule has 1 aromatic rings. The Morgan fingerprint density at radius 2 is 2.10 bits per heavy atom. The molecule has 0 bridgehead atoms. The predicted octanol–water partition coefficient (Wildman–Crippen LogP) is 2.04. The molecule has 2 N–H and O–H groups in total. The number of thioether (sulfide) groups is 1. The van der Waals surface area contributed by atoms with Gasteiger partial charge in [0, 0.05) is 12.0 Å². The number of amides is 1. The first-order valence-corrected chi connectivity index (χ1v) is 7.16. The summed E-state index contributed by atoms with van der Waals surface area (Å²) in [5.74, 6) is -1.46. The van der Waals surface area contributed by atoms with Crippen molar-refractivity contribution in [3.63, 3.8) is 0 Å². The monoisotopic (exact) mass is 317 g/mol. The Hall–Kier alpha value is -1.24. The van der Waals surface area contributed by atoms with Crippen LogP contribution in [-0.4, -0.2) is 42.0 Å². The Bertz CT molecular complexity index is 497. The van der Waals surface area contributed by atoms with Gasteiger partial charge in [0.2, 0.25) is 5.91 Å². The first kappa shape index (κ1) is 16.8. The van der Waals surface area contributed by atoms with Crippen molar-refractivity contribution in [1.29, 1.82) is 0 Å². The van der Waals surface area contributed by atoms with Gasteiger partial charge in [0.1, 0.15) is 0 Å². The summed E-state index contributed by atoms with van der Waals surface area (Å²) in [4.78, 5) is 23.8. The lowest BCUT2D eigenvalue weighted by Gasteiger charge is -2.25. The number of aliphatic carboxylic acids is 1. The second-order valence-electron chi connectivity index (χ2n) is 4.34. The van der Waals surface area contributed by atoms with Crippen molar-refractivity contribution in [3.05, 3.63) is 29.3 Å². The number of carboxylic acids is 1. The van der Waals surface area contributed by atoms with Crippen LogP contribution in [0.15, 0.2) is 29.2 Å². The molecule has 0 aromatic heterocycles. The van der Waals surface area contributed by atoms with E-state index in [-0.39, 0.29) is 12.4 Å². The van der Waals surface area contributed by atoms with Gasteiger partial charge < -0.3 is 15.2 Å². The average molecular weight is 318 g/mol. The van der Waals surface area contributed by atoms with Gasteiger partial charge in [0.25, 0.3) is 0 Å². The number of methoxy groups -OCH3 is 1. The number of hydrogen-bond donors (Lipinski definition) is 2. The number of rotatable bonds is 7. The average Bonchev–Trinajstić information content (AvgIpc) is 2.38. The molecule has 1 atom stereocenters. The zero-order valence-electron chi connectivity index (χ0n) is 11.2. The van der Waals surface area contributed by atoms with Crippen molar-refractivity contribution in [3.8, 4) is 0 Å².